The van der Waals surface area contributed by atoms with Gasteiger partial charge in [-0.1, -0.05) is 41.9 Å². The Hall–Kier alpha value is -0.390. The number of rotatable bonds is 10. The quantitative estimate of drug-likeness (QED) is 0.681. The number of hydrogen-bond acceptors (Lipinski definition) is 3. The second-order valence-electron chi connectivity index (χ2n) is 5.38. The van der Waals surface area contributed by atoms with E-state index >= 15 is 0 Å². The van der Waals surface area contributed by atoms with Gasteiger partial charge in [-0.05, 0) is 56.0 Å². The van der Waals surface area contributed by atoms with Crippen molar-refractivity contribution in [2.45, 2.75) is 33.1 Å². The van der Waals surface area contributed by atoms with Gasteiger partial charge in [0.2, 0.25) is 0 Å². The zero-order chi connectivity index (χ0) is 15.7. The SMILES string of the molecule is CCNCC(CCCS(=O)(=O)CC)Cc1ccc(Br)cc1. The van der Waals surface area contributed by atoms with Gasteiger partial charge < -0.3 is 5.32 Å². The largest absolute Gasteiger partial charge is 0.317 e. The van der Waals surface area contributed by atoms with Crippen molar-refractivity contribution < 1.29 is 8.42 Å². The van der Waals surface area contributed by atoms with Crippen molar-refractivity contribution >= 4 is 25.8 Å². The third-order valence-electron chi connectivity index (χ3n) is 3.63. The van der Waals surface area contributed by atoms with Crippen LogP contribution >= 0.6 is 15.9 Å². The summed E-state index contributed by atoms with van der Waals surface area (Å²) >= 11 is 3.45. The van der Waals surface area contributed by atoms with Crippen LogP contribution in [0.4, 0.5) is 0 Å². The average molecular weight is 376 g/mol. The molecule has 0 saturated heterocycles. The van der Waals surface area contributed by atoms with Gasteiger partial charge in [-0.25, -0.2) is 8.42 Å². The molecule has 120 valence electrons. The third kappa shape index (κ3) is 7.98. The summed E-state index contributed by atoms with van der Waals surface area (Å²) in [6.07, 6.45) is 2.69. The van der Waals surface area contributed by atoms with Crippen molar-refractivity contribution in [1.82, 2.24) is 5.32 Å². The standard InChI is InChI=1S/C16H26BrNO2S/c1-3-18-13-15(6-5-11-21(19,20)4-2)12-14-7-9-16(17)10-8-14/h7-10,15,18H,3-6,11-13H2,1-2H3. The van der Waals surface area contributed by atoms with Crippen LogP contribution in [0.3, 0.4) is 0 Å². The fourth-order valence-electron chi connectivity index (χ4n) is 2.31. The molecule has 0 aliphatic carbocycles. The maximum absolute atomic E-state index is 11.6. The lowest BCUT2D eigenvalue weighted by Crippen LogP contribution is -2.24. The summed E-state index contributed by atoms with van der Waals surface area (Å²) in [4.78, 5) is 0. The van der Waals surface area contributed by atoms with Gasteiger partial charge in [0.1, 0.15) is 9.84 Å². The summed E-state index contributed by atoms with van der Waals surface area (Å²) in [5.41, 5.74) is 1.31. The fourth-order valence-corrected chi connectivity index (χ4v) is 3.47. The Kier molecular flexibility index (Phi) is 8.52. The first kappa shape index (κ1) is 18.7. The highest BCUT2D eigenvalue weighted by Gasteiger charge is 2.13. The summed E-state index contributed by atoms with van der Waals surface area (Å²) in [5.74, 6) is 1.04. The van der Waals surface area contributed by atoms with E-state index in [1.165, 1.54) is 5.56 Å². The topological polar surface area (TPSA) is 46.2 Å². The van der Waals surface area contributed by atoms with E-state index in [0.29, 0.717) is 11.7 Å². The molecular weight excluding hydrogens is 350 g/mol. The smallest absolute Gasteiger partial charge is 0.150 e. The van der Waals surface area contributed by atoms with Crippen LogP contribution in [0.15, 0.2) is 28.7 Å². The van der Waals surface area contributed by atoms with E-state index in [1.807, 2.05) is 0 Å². The van der Waals surface area contributed by atoms with Crippen molar-refractivity contribution in [1.29, 1.82) is 0 Å². The van der Waals surface area contributed by atoms with Crippen molar-refractivity contribution in [2.75, 3.05) is 24.6 Å². The highest BCUT2D eigenvalue weighted by atomic mass is 79.9. The second-order valence-corrected chi connectivity index (χ2v) is 8.77. The van der Waals surface area contributed by atoms with Crippen LogP contribution in [-0.4, -0.2) is 33.0 Å². The van der Waals surface area contributed by atoms with E-state index in [2.05, 4.69) is 52.4 Å². The lowest BCUT2D eigenvalue weighted by atomic mass is 9.95. The molecular formula is C16H26BrNO2S. The predicted octanol–water partition coefficient (Wildman–Crippen LogP) is 3.43. The molecule has 1 atom stereocenters. The van der Waals surface area contributed by atoms with Crippen LogP contribution in [0.25, 0.3) is 0 Å². The lowest BCUT2D eigenvalue weighted by Gasteiger charge is -2.17. The van der Waals surface area contributed by atoms with Gasteiger partial charge in [0, 0.05) is 10.2 Å². The minimum absolute atomic E-state index is 0.248. The van der Waals surface area contributed by atoms with E-state index in [9.17, 15) is 8.42 Å². The van der Waals surface area contributed by atoms with E-state index in [-0.39, 0.29) is 5.75 Å². The first-order chi connectivity index (χ1) is 9.96. The second kappa shape index (κ2) is 9.59. The average Bonchev–Trinajstić information content (AvgIpc) is 2.46. The summed E-state index contributed by atoms with van der Waals surface area (Å²) in [6.45, 7) is 5.70. The maximum atomic E-state index is 11.6. The summed E-state index contributed by atoms with van der Waals surface area (Å²) in [5, 5.41) is 3.38. The van der Waals surface area contributed by atoms with Gasteiger partial charge in [0.25, 0.3) is 0 Å². The Balaban J connectivity index is 2.52. The Morgan fingerprint density at radius 2 is 1.86 bits per heavy atom. The molecule has 1 unspecified atom stereocenters. The number of sulfone groups is 1. The van der Waals surface area contributed by atoms with Crippen molar-refractivity contribution in [3.05, 3.63) is 34.3 Å². The molecule has 0 fully saturated rings. The van der Waals surface area contributed by atoms with Gasteiger partial charge in [-0.2, -0.15) is 0 Å². The van der Waals surface area contributed by atoms with Crippen LogP contribution in [-0.2, 0) is 16.3 Å². The summed E-state index contributed by atoms with van der Waals surface area (Å²) in [7, 11) is -2.84. The summed E-state index contributed by atoms with van der Waals surface area (Å²) in [6, 6.07) is 8.37. The molecule has 0 aliphatic rings. The predicted molar refractivity (Wildman–Crippen MR) is 93.4 cm³/mol. The number of hydrogen-bond donors (Lipinski definition) is 1. The third-order valence-corrected chi connectivity index (χ3v) is 5.95. The molecule has 0 heterocycles. The molecule has 0 radical (unpaired) electrons. The monoisotopic (exact) mass is 375 g/mol. The van der Waals surface area contributed by atoms with E-state index in [0.717, 1.165) is 36.8 Å². The summed E-state index contributed by atoms with van der Waals surface area (Å²) < 4.78 is 24.2. The molecule has 3 nitrogen and oxygen atoms in total. The van der Waals surface area contributed by atoms with Crippen molar-refractivity contribution in [3.8, 4) is 0 Å². The highest BCUT2D eigenvalue weighted by molar-refractivity contribution is 9.10. The molecule has 1 N–H and O–H groups in total. The molecule has 1 aromatic carbocycles. The Bertz CT molecular complexity index is 500. The van der Waals surface area contributed by atoms with Crippen LogP contribution in [0, 0.1) is 5.92 Å². The lowest BCUT2D eigenvalue weighted by molar-refractivity contribution is 0.444. The minimum atomic E-state index is -2.84. The minimum Gasteiger partial charge on any atom is -0.317 e. The zero-order valence-electron chi connectivity index (χ0n) is 12.9. The van der Waals surface area contributed by atoms with Crippen molar-refractivity contribution in [3.63, 3.8) is 0 Å². The fraction of sp³-hybridized carbons (Fsp3) is 0.625. The molecule has 21 heavy (non-hydrogen) atoms. The first-order valence-electron chi connectivity index (χ1n) is 7.62. The van der Waals surface area contributed by atoms with Crippen LogP contribution in [0.5, 0.6) is 0 Å². The molecule has 1 aromatic rings. The molecule has 0 bridgehead atoms. The molecule has 1 rings (SSSR count). The molecule has 0 amide bonds. The van der Waals surface area contributed by atoms with Gasteiger partial charge in [0.05, 0.1) is 5.75 Å². The maximum Gasteiger partial charge on any atom is 0.150 e. The van der Waals surface area contributed by atoms with Crippen LogP contribution in [0.2, 0.25) is 0 Å². The molecule has 5 heteroatoms. The highest BCUT2D eigenvalue weighted by Crippen LogP contribution is 2.17. The Morgan fingerprint density at radius 3 is 2.43 bits per heavy atom. The number of benzene rings is 1. The van der Waals surface area contributed by atoms with Crippen LogP contribution in [0.1, 0.15) is 32.3 Å². The number of halogens is 1. The van der Waals surface area contributed by atoms with Gasteiger partial charge >= 0.3 is 0 Å². The molecule has 0 aromatic heterocycles. The Morgan fingerprint density at radius 1 is 1.19 bits per heavy atom. The normalized spacial score (nSPS) is 13.3. The van der Waals surface area contributed by atoms with Gasteiger partial charge in [0.15, 0.2) is 0 Å². The van der Waals surface area contributed by atoms with Crippen LogP contribution < -0.4 is 5.32 Å². The van der Waals surface area contributed by atoms with Crippen molar-refractivity contribution in [2.24, 2.45) is 5.92 Å². The van der Waals surface area contributed by atoms with E-state index in [4.69, 9.17) is 0 Å². The van der Waals surface area contributed by atoms with E-state index < -0.39 is 9.84 Å². The Labute approximate surface area is 137 Å². The van der Waals surface area contributed by atoms with Gasteiger partial charge in [-0.3, -0.25) is 0 Å². The molecule has 0 aliphatic heterocycles. The van der Waals surface area contributed by atoms with Gasteiger partial charge in [-0.15, -0.1) is 0 Å². The first-order valence-corrected chi connectivity index (χ1v) is 10.2. The number of nitrogens with one attached hydrogen (secondary N) is 1. The molecule has 0 spiro atoms. The van der Waals surface area contributed by atoms with E-state index in [1.54, 1.807) is 6.92 Å². The zero-order valence-corrected chi connectivity index (χ0v) is 15.3. The molecule has 0 saturated carbocycles.